The molecule has 1 aliphatic heterocycles. The van der Waals surface area contributed by atoms with E-state index < -0.39 is 12.7 Å². The Kier molecular flexibility index (Phi) is 11.9. The van der Waals surface area contributed by atoms with Crippen molar-refractivity contribution in [1.82, 2.24) is 15.1 Å². The van der Waals surface area contributed by atoms with E-state index in [1.54, 1.807) is 0 Å². The summed E-state index contributed by atoms with van der Waals surface area (Å²) in [6.45, 7) is 5.43. The zero-order chi connectivity index (χ0) is 20.4. The third kappa shape index (κ3) is 10.5. The van der Waals surface area contributed by atoms with E-state index >= 15 is 0 Å². The SMILES string of the molecule is CCNC(=NCCN(C)CC(F)(F)F)N1CCC(COCc2ccccc2)C1.I. The van der Waals surface area contributed by atoms with Crippen LogP contribution in [0.15, 0.2) is 35.3 Å². The number of likely N-dealkylation sites (tertiary alicyclic amines) is 1. The molecule has 166 valence electrons. The summed E-state index contributed by atoms with van der Waals surface area (Å²) in [6.07, 6.45) is -3.15. The molecule has 0 radical (unpaired) electrons. The Morgan fingerprint density at radius 3 is 2.69 bits per heavy atom. The first-order valence-electron chi connectivity index (χ1n) is 9.77. The number of hydrogen-bond acceptors (Lipinski definition) is 3. The number of guanidine groups is 1. The Bertz CT molecular complexity index is 601. The fourth-order valence-electron chi connectivity index (χ4n) is 3.22. The normalized spacial score (nSPS) is 17.5. The van der Waals surface area contributed by atoms with Gasteiger partial charge < -0.3 is 15.0 Å². The zero-order valence-corrected chi connectivity index (χ0v) is 19.5. The van der Waals surface area contributed by atoms with Crippen molar-refractivity contribution in [2.75, 3.05) is 52.9 Å². The molecule has 1 heterocycles. The van der Waals surface area contributed by atoms with Gasteiger partial charge in [-0.25, -0.2) is 0 Å². The van der Waals surface area contributed by atoms with Crippen molar-refractivity contribution in [3.05, 3.63) is 35.9 Å². The highest BCUT2D eigenvalue weighted by molar-refractivity contribution is 14.0. The Labute approximate surface area is 188 Å². The van der Waals surface area contributed by atoms with Crippen molar-refractivity contribution < 1.29 is 17.9 Å². The molecular weight excluding hydrogens is 496 g/mol. The largest absolute Gasteiger partial charge is 0.401 e. The first-order valence-corrected chi connectivity index (χ1v) is 9.77. The highest BCUT2D eigenvalue weighted by Crippen LogP contribution is 2.18. The average molecular weight is 528 g/mol. The summed E-state index contributed by atoms with van der Waals surface area (Å²) in [6, 6.07) is 10.1. The lowest BCUT2D eigenvalue weighted by molar-refractivity contribution is -0.142. The molecule has 1 aromatic rings. The lowest BCUT2D eigenvalue weighted by Crippen LogP contribution is -2.41. The molecule has 29 heavy (non-hydrogen) atoms. The van der Waals surface area contributed by atoms with Crippen LogP contribution in [-0.2, 0) is 11.3 Å². The predicted octanol–water partition coefficient (Wildman–Crippen LogP) is 3.60. The Hall–Kier alpha value is -1.07. The molecule has 0 amide bonds. The van der Waals surface area contributed by atoms with Crippen LogP contribution in [0.2, 0.25) is 0 Å². The van der Waals surface area contributed by atoms with Gasteiger partial charge in [0.2, 0.25) is 0 Å². The van der Waals surface area contributed by atoms with Crippen LogP contribution in [0.4, 0.5) is 13.2 Å². The molecule has 0 spiro atoms. The predicted molar refractivity (Wildman–Crippen MR) is 121 cm³/mol. The van der Waals surface area contributed by atoms with Gasteiger partial charge in [-0.05, 0) is 26.0 Å². The number of likely N-dealkylation sites (N-methyl/N-ethyl adjacent to an activating group) is 1. The van der Waals surface area contributed by atoms with Crippen molar-refractivity contribution in [2.45, 2.75) is 26.1 Å². The van der Waals surface area contributed by atoms with Crippen molar-refractivity contribution in [1.29, 1.82) is 0 Å². The molecule has 0 saturated carbocycles. The molecule has 1 fully saturated rings. The fourth-order valence-corrected chi connectivity index (χ4v) is 3.22. The number of rotatable bonds is 9. The number of halogens is 4. The molecule has 0 aromatic heterocycles. The third-order valence-electron chi connectivity index (χ3n) is 4.58. The minimum atomic E-state index is -4.18. The smallest absolute Gasteiger partial charge is 0.376 e. The number of benzene rings is 1. The Balaban J connectivity index is 0.00000420. The van der Waals surface area contributed by atoms with Gasteiger partial charge in [-0.2, -0.15) is 13.2 Å². The van der Waals surface area contributed by atoms with E-state index in [0.29, 0.717) is 25.7 Å². The van der Waals surface area contributed by atoms with E-state index in [2.05, 4.69) is 15.2 Å². The zero-order valence-electron chi connectivity index (χ0n) is 17.1. The average Bonchev–Trinajstić information content (AvgIpc) is 3.09. The molecule has 1 aromatic carbocycles. The second-order valence-corrected chi connectivity index (χ2v) is 7.19. The van der Waals surface area contributed by atoms with Crippen LogP contribution < -0.4 is 5.32 Å². The number of hydrogen-bond donors (Lipinski definition) is 1. The van der Waals surface area contributed by atoms with Gasteiger partial charge in [-0.15, -0.1) is 24.0 Å². The monoisotopic (exact) mass is 528 g/mol. The molecule has 0 bridgehead atoms. The molecule has 1 unspecified atom stereocenters. The molecule has 5 nitrogen and oxygen atoms in total. The summed E-state index contributed by atoms with van der Waals surface area (Å²) >= 11 is 0. The van der Waals surface area contributed by atoms with Crippen LogP contribution in [0, 0.1) is 5.92 Å². The minimum absolute atomic E-state index is 0. The molecule has 1 atom stereocenters. The van der Waals surface area contributed by atoms with Gasteiger partial charge in [0.1, 0.15) is 0 Å². The molecule has 2 rings (SSSR count). The van der Waals surface area contributed by atoms with E-state index in [4.69, 9.17) is 4.74 Å². The van der Waals surface area contributed by atoms with E-state index in [1.165, 1.54) is 11.9 Å². The lowest BCUT2D eigenvalue weighted by Gasteiger charge is -2.22. The summed E-state index contributed by atoms with van der Waals surface area (Å²) < 4.78 is 43.1. The Morgan fingerprint density at radius 2 is 2.03 bits per heavy atom. The van der Waals surface area contributed by atoms with Crippen LogP contribution >= 0.6 is 24.0 Å². The van der Waals surface area contributed by atoms with E-state index in [9.17, 15) is 13.2 Å². The standard InChI is InChI=1S/C20H31F3N4O.HI/c1-3-24-19(25-10-12-26(2)16-20(21,22)23)27-11-9-18(13-27)15-28-14-17-7-5-4-6-8-17;/h4-8,18H,3,9-16H2,1-2H3,(H,24,25);1H. The number of nitrogens with zero attached hydrogens (tertiary/aromatic N) is 3. The maximum absolute atomic E-state index is 12.4. The van der Waals surface area contributed by atoms with Crippen LogP contribution in [-0.4, -0.2) is 74.9 Å². The topological polar surface area (TPSA) is 40.1 Å². The first-order chi connectivity index (χ1) is 13.4. The van der Waals surface area contributed by atoms with Crippen molar-refractivity contribution in [3.8, 4) is 0 Å². The summed E-state index contributed by atoms with van der Waals surface area (Å²) in [5.74, 6) is 1.20. The van der Waals surface area contributed by atoms with Crippen LogP contribution in [0.3, 0.4) is 0 Å². The van der Waals surface area contributed by atoms with Gasteiger partial charge >= 0.3 is 6.18 Å². The summed E-state index contributed by atoms with van der Waals surface area (Å²) in [7, 11) is 1.46. The van der Waals surface area contributed by atoms with Gasteiger partial charge in [-0.3, -0.25) is 9.89 Å². The highest BCUT2D eigenvalue weighted by atomic mass is 127. The van der Waals surface area contributed by atoms with Crippen molar-refractivity contribution in [3.63, 3.8) is 0 Å². The fraction of sp³-hybridized carbons (Fsp3) is 0.650. The van der Waals surface area contributed by atoms with Gasteiger partial charge in [0.05, 0.1) is 26.3 Å². The Morgan fingerprint density at radius 1 is 1.31 bits per heavy atom. The van der Waals surface area contributed by atoms with Crippen LogP contribution in [0.5, 0.6) is 0 Å². The van der Waals surface area contributed by atoms with Gasteiger partial charge in [0.25, 0.3) is 0 Å². The second-order valence-electron chi connectivity index (χ2n) is 7.19. The van der Waals surface area contributed by atoms with Crippen molar-refractivity contribution >= 4 is 29.9 Å². The van der Waals surface area contributed by atoms with Crippen molar-refractivity contribution in [2.24, 2.45) is 10.9 Å². The van der Waals surface area contributed by atoms with E-state index in [0.717, 1.165) is 37.6 Å². The number of alkyl halides is 3. The molecule has 1 N–H and O–H groups in total. The quantitative estimate of drug-likeness (QED) is 0.302. The van der Waals surface area contributed by atoms with E-state index in [-0.39, 0.29) is 30.5 Å². The third-order valence-corrected chi connectivity index (χ3v) is 4.58. The first kappa shape index (κ1) is 26.0. The van der Waals surface area contributed by atoms with Gasteiger partial charge in [0, 0.05) is 32.1 Å². The molecule has 1 saturated heterocycles. The van der Waals surface area contributed by atoms with Gasteiger partial charge in [-0.1, -0.05) is 30.3 Å². The summed E-state index contributed by atoms with van der Waals surface area (Å²) in [5, 5.41) is 3.24. The molecule has 9 heteroatoms. The van der Waals surface area contributed by atoms with Gasteiger partial charge in [0.15, 0.2) is 5.96 Å². The molecule has 1 aliphatic rings. The number of ether oxygens (including phenoxy) is 1. The maximum Gasteiger partial charge on any atom is 0.401 e. The number of aliphatic imine (C=N–C) groups is 1. The second kappa shape index (κ2) is 13.3. The summed E-state index contributed by atoms with van der Waals surface area (Å²) in [5.41, 5.74) is 1.16. The molecular formula is C20H32F3IN4O. The maximum atomic E-state index is 12.4. The van der Waals surface area contributed by atoms with E-state index in [1.807, 2.05) is 37.3 Å². The minimum Gasteiger partial charge on any atom is -0.376 e. The molecule has 0 aliphatic carbocycles. The highest BCUT2D eigenvalue weighted by Gasteiger charge is 2.29. The number of nitrogens with one attached hydrogen (secondary N) is 1. The van der Waals surface area contributed by atoms with Crippen LogP contribution in [0.1, 0.15) is 18.9 Å². The summed E-state index contributed by atoms with van der Waals surface area (Å²) in [4.78, 5) is 7.93. The lowest BCUT2D eigenvalue weighted by atomic mass is 10.1. The van der Waals surface area contributed by atoms with Crippen LogP contribution in [0.25, 0.3) is 0 Å².